The van der Waals surface area contributed by atoms with Gasteiger partial charge in [0.25, 0.3) is 0 Å². The van der Waals surface area contributed by atoms with E-state index in [-0.39, 0.29) is 31.3 Å². The molecule has 1 saturated heterocycles. The third-order valence-corrected chi connectivity index (χ3v) is 6.72. The Bertz CT molecular complexity index is 953. The van der Waals surface area contributed by atoms with Crippen LogP contribution in [0.5, 0.6) is 0 Å². The lowest BCUT2D eigenvalue weighted by molar-refractivity contribution is -0.152. The van der Waals surface area contributed by atoms with Crippen LogP contribution in [0, 0.1) is 5.92 Å². The number of piperidine rings is 1. The van der Waals surface area contributed by atoms with E-state index < -0.39 is 34.6 Å². The van der Waals surface area contributed by atoms with Gasteiger partial charge >= 0.3 is 12.1 Å². The Morgan fingerprint density at radius 2 is 1.83 bits per heavy atom. The summed E-state index contributed by atoms with van der Waals surface area (Å²) in [5.74, 6) is -1.16. The zero-order valence-corrected chi connectivity index (χ0v) is 16.9. The van der Waals surface area contributed by atoms with Crippen molar-refractivity contribution in [1.82, 2.24) is 13.9 Å². The summed E-state index contributed by atoms with van der Waals surface area (Å²) in [6.45, 7) is -1.19. The molecule has 0 aliphatic carbocycles. The highest BCUT2D eigenvalue weighted by atomic mass is 32.2. The van der Waals surface area contributed by atoms with E-state index in [1.807, 2.05) is 6.07 Å². The molecule has 1 aromatic carbocycles. The van der Waals surface area contributed by atoms with Crippen LogP contribution in [0.25, 0.3) is 0 Å². The molecule has 0 spiro atoms. The first-order chi connectivity index (χ1) is 14.1. The second kappa shape index (κ2) is 9.17. The Morgan fingerprint density at radius 3 is 2.47 bits per heavy atom. The summed E-state index contributed by atoms with van der Waals surface area (Å²) in [6, 6.07) is 8.83. The van der Waals surface area contributed by atoms with Gasteiger partial charge in [-0.3, -0.25) is 4.79 Å². The Labute approximate surface area is 172 Å². The van der Waals surface area contributed by atoms with Crippen molar-refractivity contribution in [3.8, 4) is 0 Å². The van der Waals surface area contributed by atoms with Gasteiger partial charge in [0.1, 0.15) is 19.0 Å². The van der Waals surface area contributed by atoms with Crippen molar-refractivity contribution in [2.45, 2.75) is 37.9 Å². The highest BCUT2D eigenvalue weighted by molar-refractivity contribution is 7.88. The van der Waals surface area contributed by atoms with Gasteiger partial charge in [-0.05, 0) is 18.4 Å². The summed E-state index contributed by atoms with van der Waals surface area (Å²) >= 11 is 0. The molecule has 11 heteroatoms. The Kier molecular flexibility index (Phi) is 6.81. The molecule has 1 aromatic heterocycles. The standard InChI is InChI=1S/C19H22F3N3O4S/c20-19(21,22)14-24-11-8-23-17(24)12-29-18(26)16-6-9-25(10-7-16)30(27,28)13-15-4-2-1-3-5-15/h1-5,8,11,16H,6-7,9-10,12-14H2. The fourth-order valence-electron chi connectivity index (χ4n) is 3.32. The van der Waals surface area contributed by atoms with Crippen molar-refractivity contribution in [2.75, 3.05) is 13.1 Å². The van der Waals surface area contributed by atoms with E-state index >= 15 is 0 Å². The lowest BCUT2D eigenvalue weighted by atomic mass is 9.98. The van der Waals surface area contributed by atoms with Gasteiger partial charge in [-0.2, -0.15) is 13.2 Å². The molecule has 0 atom stereocenters. The molecule has 1 aliphatic rings. The zero-order valence-electron chi connectivity index (χ0n) is 16.1. The minimum Gasteiger partial charge on any atom is -0.457 e. The fourth-order valence-corrected chi connectivity index (χ4v) is 4.88. The van der Waals surface area contributed by atoms with E-state index in [0.29, 0.717) is 18.4 Å². The third-order valence-electron chi connectivity index (χ3n) is 4.87. The van der Waals surface area contributed by atoms with Crippen LogP contribution in [0.3, 0.4) is 0 Å². The number of aromatic nitrogens is 2. The van der Waals surface area contributed by atoms with Crippen LogP contribution in [0.1, 0.15) is 24.2 Å². The first kappa shape index (κ1) is 22.3. The molecule has 0 amide bonds. The number of hydrogen-bond donors (Lipinski definition) is 0. The summed E-state index contributed by atoms with van der Waals surface area (Å²) in [7, 11) is -3.49. The molecule has 1 aliphatic heterocycles. The smallest absolute Gasteiger partial charge is 0.406 e. The van der Waals surface area contributed by atoms with Gasteiger partial charge in [0, 0.05) is 25.5 Å². The average Bonchev–Trinajstić information content (AvgIpc) is 3.12. The molecule has 0 unspecified atom stereocenters. The highest BCUT2D eigenvalue weighted by Gasteiger charge is 2.32. The van der Waals surface area contributed by atoms with Crippen molar-refractivity contribution in [3.05, 3.63) is 54.1 Å². The molecule has 164 valence electrons. The first-order valence-electron chi connectivity index (χ1n) is 9.39. The minimum absolute atomic E-state index is 0.00329. The predicted molar refractivity (Wildman–Crippen MR) is 101 cm³/mol. The second-order valence-electron chi connectivity index (χ2n) is 7.11. The number of benzene rings is 1. The van der Waals surface area contributed by atoms with E-state index in [0.717, 1.165) is 4.57 Å². The first-order valence-corrected chi connectivity index (χ1v) is 11.0. The zero-order chi connectivity index (χ0) is 21.8. The average molecular weight is 445 g/mol. The largest absolute Gasteiger partial charge is 0.457 e. The van der Waals surface area contributed by atoms with Gasteiger partial charge in [-0.25, -0.2) is 17.7 Å². The lowest BCUT2D eigenvalue weighted by Crippen LogP contribution is -2.41. The maximum Gasteiger partial charge on any atom is 0.406 e. The van der Waals surface area contributed by atoms with Crippen LogP contribution in [-0.2, 0) is 38.5 Å². The van der Waals surface area contributed by atoms with Crippen LogP contribution in [-0.4, -0.2) is 47.5 Å². The Balaban J connectivity index is 1.49. The van der Waals surface area contributed by atoms with E-state index in [2.05, 4.69) is 4.98 Å². The number of nitrogens with zero attached hydrogens (tertiary/aromatic N) is 3. The molecular weight excluding hydrogens is 423 g/mol. The maximum absolute atomic E-state index is 12.6. The molecule has 30 heavy (non-hydrogen) atoms. The van der Waals surface area contributed by atoms with Gasteiger partial charge < -0.3 is 9.30 Å². The van der Waals surface area contributed by atoms with Gasteiger partial charge in [-0.1, -0.05) is 30.3 Å². The number of esters is 1. The number of carbonyl (C=O) groups is 1. The van der Waals surface area contributed by atoms with Gasteiger partial charge in [0.15, 0.2) is 0 Å². The third kappa shape index (κ3) is 6.05. The number of hydrogen-bond acceptors (Lipinski definition) is 5. The van der Waals surface area contributed by atoms with Gasteiger partial charge in [-0.15, -0.1) is 0 Å². The lowest BCUT2D eigenvalue weighted by Gasteiger charge is -2.30. The second-order valence-corrected chi connectivity index (χ2v) is 9.08. The summed E-state index contributed by atoms with van der Waals surface area (Å²) < 4.78 is 70.2. The van der Waals surface area contributed by atoms with E-state index in [4.69, 9.17) is 4.74 Å². The molecule has 0 bridgehead atoms. The van der Waals surface area contributed by atoms with Crippen LogP contribution < -0.4 is 0 Å². The van der Waals surface area contributed by atoms with Crippen LogP contribution in [0.4, 0.5) is 13.2 Å². The van der Waals surface area contributed by atoms with Crippen molar-refractivity contribution >= 4 is 16.0 Å². The Hall–Kier alpha value is -2.40. The van der Waals surface area contributed by atoms with Crippen molar-refractivity contribution in [3.63, 3.8) is 0 Å². The molecule has 0 N–H and O–H groups in total. The molecule has 7 nitrogen and oxygen atoms in total. The molecule has 2 heterocycles. The molecular formula is C19H22F3N3O4S. The predicted octanol–water partition coefficient (Wildman–Crippen LogP) is 2.73. The number of imidazole rings is 1. The number of ether oxygens (including phenoxy) is 1. The number of halogens is 3. The Morgan fingerprint density at radius 1 is 1.17 bits per heavy atom. The monoisotopic (exact) mass is 445 g/mol. The van der Waals surface area contributed by atoms with Crippen molar-refractivity contribution in [2.24, 2.45) is 5.92 Å². The summed E-state index contributed by atoms with van der Waals surface area (Å²) in [5, 5.41) is 0. The number of alkyl halides is 3. The van der Waals surface area contributed by atoms with Crippen molar-refractivity contribution in [1.29, 1.82) is 0 Å². The fraction of sp³-hybridized carbons (Fsp3) is 0.474. The van der Waals surface area contributed by atoms with Crippen LogP contribution in [0.15, 0.2) is 42.7 Å². The van der Waals surface area contributed by atoms with Gasteiger partial charge in [0.05, 0.1) is 11.7 Å². The summed E-state index contributed by atoms with van der Waals surface area (Å²) in [5.41, 5.74) is 0.688. The van der Waals surface area contributed by atoms with Crippen molar-refractivity contribution < 1.29 is 31.1 Å². The number of rotatable bonds is 7. The number of sulfonamides is 1. The maximum atomic E-state index is 12.6. The highest BCUT2D eigenvalue weighted by Crippen LogP contribution is 2.23. The minimum atomic E-state index is -4.41. The normalized spacial score (nSPS) is 16.5. The molecule has 2 aromatic rings. The van der Waals surface area contributed by atoms with E-state index in [1.165, 1.54) is 16.7 Å². The molecule has 3 rings (SSSR count). The molecule has 0 radical (unpaired) electrons. The number of carbonyl (C=O) groups excluding carboxylic acids is 1. The molecule has 0 saturated carbocycles. The topological polar surface area (TPSA) is 81.5 Å². The van der Waals surface area contributed by atoms with E-state index in [9.17, 15) is 26.4 Å². The summed E-state index contributed by atoms with van der Waals surface area (Å²) in [4.78, 5) is 16.1. The molecule has 1 fully saturated rings. The van der Waals surface area contributed by atoms with Crippen LogP contribution in [0.2, 0.25) is 0 Å². The van der Waals surface area contributed by atoms with E-state index in [1.54, 1.807) is 24.3 Å². The van der Waals surface area contributed by atoms with Crippen LogP contribution >= 0.6 is 0 Å². The van der Waals surface area contributed by atoms with Gasteiger partial charge in [0.2, 0.25) is 10.0 Å². The SMILES string of the molecule is O=C(OCc1nccn1CC(F)(F)F)C1CCN(S(=O)(=O)Cc2ccccc2)CC1. The quantitative estimate of drug-likeness (QED) is 0.612. The summed E-state index contributed by atoms with van der Waals surface area (Å²) in [6.07, 6.45) is -1.43.